The predicted octanol–water partition coefficient (Wildman–Crippen LogP) is 2.67. The van der Waals surface area contributed by atoms with Crippen molar-refractivity contribution in [2.24, 2.45) is 0 Å². The molecule has 0 radical (unpaired) electrons. The van der Waals surface area contributed by atoms with E-state index < -0.39 is 16.2 Å². The van der Waals surface area contributed by atoms with E-state index in [1.807, 2.05) is 30.3 Å². The van der Waals surface area contributed by atoms with E-state index in [0.717, 1.165) is 5.56 Å². The van der Waals surface area contributed by atoms with Crippen LogP contribution in [0.4, 0.5) is 5.69 Å². The smallest absolute Gasteiger partial charge is 0.297 e. The molecule has 0 bridgehead atoms. The Labute approximate surface area is 136 Å². The first-order valence-electron chi connectivity index (χ1n) is 7.15. The van der Waals surface area contributed by atoms with Gasteiger partial charge >= 0.3 is 0 Å². The lowest BCUT2D eigenvalue weighted by Gasteiger charge is -2.14. The number of pyridine rings is 1. The monoisotopic (exact) mass is 326 g/mol. The van der Waals surface area contributed by atoms with Crippen LogP contribution in [0.5, 0.6) is 11.5 Å². The molecule has 24 heavy (non-hydrogen) atoms. The zero-order valence-electron chi connectivity index (χ0n) is 12.8. The highest BCUT2D eigenvalue weighted by molar-refractivity contribution is 5.93. The third kappa shape index (κ3) is 2.45. The summed E-state index contributed by atoms with van der Waals surface area (Å²) in [6.45, 7) is 0.123. The van der Waals surface area contributed by atoms with Crippen molar-refractivity contribution in [3.05, 3.63) is 74.6 Å². The molecule has 7 heteroatoms. The lowest BCUT2D eigenvalue weighted by Crippen LogP contribution is -2.23. The third-order valence-electron chi connectivity index (χ3n) is 3.78. The summed E-state index contributed by atoms with van der Waals surface area (Å²) >= 11 is 0. The summed E-state index contributed by atoms with van der Waals surface area (Å²) in [5.74, 6) is -0.635. The predicted molar refractivity (Wildman–Crippen MR) is 88.6 cm³/mol. The quantitative estimate of drug-likeness (QED) is 0.587. The van der Waals surface area contributed by atoms with E-state index in [0.29, 0.717) is 0 Å². The van der Waals surface area contributed by atoms with Crippen LogP contribution in [0.25, 0.3) is 10.9 Å². The number of nitro groups is 1. The highest BCUT2D eigenvalue weighted by atomic mass is 16.6. The first-order chi connectivity index (χ1) is 11.5. The topological polar surface area (TPSA) is 94.6 Å². The molecule has 1 heterocycles. The molecule has 0 aliphatic carbocycles. The zero-order valence-corrected chi connectivity index (χ0v) is 12.8. The molecule has 0 aliphatic rings. The van der Waals surface area contributed by atoms with Crippen LogP contribution in [0.3, 0.4) is 0 Å². The molecule has 0 fully saturated rings. The first kappa shape index (κ1) is 15.5. The molecule has 3 aromatic rings. The van der Waals surface area contributed by atoms with Crippen molar-refractivity contribution >= 4 is 16.6 Å². The van der Waals surface area contributed by atoms with Crippen molar-refractivity contribution in [3.8, 4) is 11.5 Å². The van der Waals surface area contributed by atoms with Gasteiger partial charge in [-0.1, -0.05) is 36.4 Å². The summed E-state index contributed by atoms with van der Waals surface area (Å²) in [7, 11) is 1.27. The normalized spacial score (nSPS) is 10.7. The molecule has 0 saturated carbocycles. The molecule has 0 spiro atoms. The lowest BCUT2D eigenvalue weighted by atomic mass is 10.1. The number of ether oxygens (including phenoxy) is 1. The van der Waals surface area contributed by atoms with Crippen LogP contribution in [-0.2, 0) is 6.54 Å². The number of aromatic hydroxyl groups is 1. The Balaban J connectivity index is 2.40. The van der Waals surface area contributed by atoms with Crippen LogP contribution in [0.15, 0.2) is 53.3 Å². The summed E-state index contributed by atoms with van der Waals surface area (Å²) in [6.07, 6.45) is 0. The standard InChI is InChI=1S/C17H14N2O5/c1-24-16-15(20)12-8-5-9-13(19(22)23)14(12)18(17(16)21)10-11-6-3-2-4-7-11/h2-9,20H,10H2,1H3. The molecular formula is C17H14N2O5. The molecule has 1 N–H and O–H groups in total. The van der Waals surface area contributed by atoms with Gasteiger partial charge in [0.2, 0.25) is 5.75 Å². The number of hydrogen-bond donors (Lipinski definition) is 1. The number of rotatable bonds is 4. The summed E-state index contributed by atoms with van der Waals surface area (Å²) in [4.78, 5) is 23.5. The minimum Gasteiger partial charge on any atom is -0.504 e. The Kier molecular flexibility index (Phi) is 3.91. The number of hydrogen-bond acceptors (Lipinski definition) is 5. The molecular weight excluding hydrogens is 312 g/mol. The van der Waals surface area contributed by atoms with E-state index in [1.165, 1.54) is 29.9 Å². The summed E-state index contributed by atoms with van der Waals surface area (Å²) in [5, 5.41) is 21.8. The fraction of sp³-hybridized carbons (Fsp3) is 0.118. The van der Waals surface area contributed by atoms with Crippen LogP contribution in [-0.4, -0.2) is 21.7 Å². The van der Waals surface area contributed by atoms with Crippen molar-refractivity contribution in [3.63, 3.8) is 0 Å². The minimum atomic E-state index is -0.624. The van der Waals surface area contributed by atoms with E-state index in [-0.39, 0.29) is 28.9 Å². The van der Waals surface area contributed by atoms with Gasteiger partial charge in [0.1, 0.15) is 5.52 Å². The fourth-order valence-corrected chi connectivity index (χ4v) is 2.70. The Morgan fingerprint density at radius 1 is 1.17 bits per heavy atom. The first-order valence-corrected chi connectivity index (χ1v) is 7.15. The molecule has 0 unspecified atom stereocenters. The number of nitro benzene ring substituents is 1. The highest BCUT2D eigenvalue weighted by Crippen LogP contribution is 2.35. The van der Waals surface area contributed by atoms with Crippen molar-refractivity contribution in [2.45, 2.75) is 6.54 Å². The summed E-state index contributed by atoms with van der Waals surface area (Å²) < 4.78 is 6.26. The Bertz CT molecular complexity index is 980. The SMILES string of the molecule is COc1c(O)c2cccc([N+](=O)[O-])c2n(Cc2ccccc2)c1=O. The van der Waals surface area contributed by atoms with Crippen LogP contribution in [0.2, 0.25) is 0 Å². The van der Waals surface area contributed by atoms with Crippen molar-refractivity contribution in [1.29, 1.82) is 0 Å². The number of fused-ring (bicyclic) bond motifs is 1. The van der Waals surface area contributed by atoms with Crippen LogP contribution < -0.4 is 10.3 Å². The van der Waals surface area contributed by atoms with Gasteiger partial charge in [-0.05, 0) is 11.6 Å². The van der Waals surface area contributed by atoms with Gasteiger partial charge < -0.3 is 9.84 Å². The average Bonchev–Trinajstić information content (AvgIpc) is 2.59. The van der Waals surface area contributed by atoms with Gasteiger partial charge in [-0.2, -0.15) is 0 Å². The van der Waals surface area contributed by atoms with Crippen molar-refractivity contribution in [1.82, 2.24) is 4.57 Å². The van der Waals surface area contributed by atoms with Crippen LogP contribution in [0, 0.1) is 10.1 Å². The molecule has 3 rings (SSSR count). The maximum absolute atomic E-state index is 12.7. The second-order valence-corrected chi connectivity index (χ2v) is 5.19. The van der Waals surface area contributed by atoms with Gasteiger partial charge in [-0.15, -0.1) is 0 Å². The Morgan fingerprint density at radius 3 is 2.50 bits per heavy atom. The number of non-ortho nitro benzene ring substituents is 1. The summed E-state index contributed by atoms with van der Waals surface area (Å²) in [6, 6.07) is 13.4. The number of nitrogens with zero attached hydrogens (tertiary/aromatic N) is 2. The Morgan fingerprint density at radius 2 is 1.88 bits per heavy atom. The van der Waals surface area contributed by atoms with E-state index in [9.17, 15) is 20.0 Å². The van der Waals surface area contributed by atoms with Gasteiger partial charge in [-0.3, -0.25) is 19.5 Å². The molecule has 122 valence electrons. The highest BCUT2D eigenvalue weighted by Gasteiger charge is 2.23. The Hall–Kier alpha value is -3.35. The third-order valence-corrected chi connectivity index (χ3v) is 3.78. The van der Waals surface area contributed by atoms with Gasteiger partial charge in [0.15, 0.2) is 5.75 Å². The molecule has 7 nitrogen and oxygen atoms in total. The van der Waals surface area contributed by atoms with Gasteiger partial charge in [0, 0.05) is 6.07 Å². The van der Waals surface area contributed by atoms with Crippen molar-refractivity contribution < 1.29 is 14.8 Å². The van der Waals surface area contributed by atoms with Gasteiger partial charge in [-0.25, -0.2) is 0 Å². The number of para-hydroxylation sites is 1. The van der Waals surface area contributed by atoms with Gasteiger partial charge in [0.05, 0.1) is 24.0 Å². The number of aromatic nitrogens is 1. The molecule has 0 saturated heterocycles. The molecule has 1 aromatic heterocycles. The van der Waals surface area contributed by atoms with Gasteiger partial charge in [0.25, 0.3) is 11.2 Å². The molecule has 0 atom stereocenters. The lowest BCUT2D eigenvalue weighted by molar-refractivity contribution is -0.383. The maximum atomic E-state index is 12.7. The fourth-order valence-electron chi connectivity index (χ4n) is 2.70. The van der Waals surface area contributed by atoms with Crippen molar-refractivity contribution in [2.75, 3.05) is 7.11 Å². The van der Waals surface area contributed by atoms with E-state index in [1.54, 1.807) is 0 Å². The maximum Gasteiger partial charge on any atom is 0.297 e. The molecule has 0 aliphatic heterocycles. The summed E-state index contributed by atoms with van der Waals surface area (Å²) in [5.41, 5.74) is -0.0133. The minimum absolute atomic E-state index is 0.0645. The average molecular weight is 326 g/mol. The van der Waals surface area contributed by atoms with E-state index in [4.69, 9.17) is 4.74 Å². The zero-order chi connectivity index (χ0) is 17.3. The largest absolute Gasteiger partial charge is 0.504 e. The number of benzene rings is 2. The van der Waals surface area contributed by atoms with E-state index in [2.05, 4.69) is 0 Å². The van der Waals surface area contributed by atoms with Crippen LogP contribution in [0.1, 0.15) is 5.56 Å². The second kappa shape index (κ2) is 6.04. The molecule has 2 aromatic carbocycles. The second-order valence-electron chi connectivity index (χ2n) is 5.19. The van der Waals surface area contributed by atoms with Crippen LogP contribution >= 0.6 is 0 Å². The molecule has 0 amide bonds. The number of methoxy groups -OCH3 is 1. The van der Waals surface area contributed by atoms with E-state index >= 15 is 0 Å².